The molecule has 0 atom stereocenters. The Kier molecular flexibility index (Phi) is 3.52. The first-order valence-electron chi connectivity index (χ1n) is 5.99. The SMILES string of the molecule is Cc1cn(CCOc2ccccc2)c(C)c1C. The van der Waals surface area contributed by atoms with Crippen molar-refractivity contribution in [3.05, 3.63) is 53.3 Å². The lowest BCUT2D eigenvalue weighted by molar-refractivity contribution is 0.297. The standard InChI is InChI=1S/C15H19NO/c1-12-11-16(14(3)13(12)2)9-10-17-15-7-5-4-6-8-15/h4-8,11H,9-10H2,1-3H3. The molecule has 2 heteroatoms. The third-order valence-electron chi connectivity index (χ3n) is 3.26. The highest BCUT2D eigenvalue weighted by Gasteiger charge is 2.04. The molecule has 2 rings (SSSR count). The molecule has 90 valence electrons. The van der Waals surface area contributed by atoms with Crippen molar-refractivity contribution in [2.45, 2.75) is 27.3 Å². The van der Waals surface area contributed by atoms with E-state index in [0.717, 1.165) is 12.3 Å². The molecule has 0 unspecified atom stereocenters. The Morgan fingerprint density at radius 1 is 1.06 bits per heavy atom. The van der Waals surface area contributed by atoms with Crippen molar-refractivity contribution in [1.82, 2.24) is 4.57 Å². The molecule has 0 amide bonds. The predicted molar refractivity (Wildman–Crippen MR) is 70.6 cm³/mol. The molecule has 17 heavy (non-hydrogen) atoms. The molecule has 0 aliphatic rings. The van der Waals surface area contributed by atoms with E-state index < -0.39 is 0 Å². The van der Waals surface area contributed by atoms with Gasteiger partial charge in [-0.25, -0.2) is 0 Å². The Labute approximate surface area is 103 Å². The maximum Gasteiger partial charge on any atom is 0.119 e. The summed E-state index contributed by atoms with van der Waals surface area (Å²) in [6.07, 6.45) is 2.19. The van der Waals surface area contributed by atoms with Crippen molar-refractivity contribution >= 4 is 0 Å². The minimum absolute atomic E-state index is 0.707. The van der Waals surface area contributed by atoms with E-state index in [0.29, 0.717) is 6.61 Å². The van der Waals surface area contributed by atoms with Gasteiger partial charge in [-0.15, -0.1) is 0 Å². The van der Waals surface area contributed by atoms with Gasteiger partial charge in [-0.3, -0.25) is 0 Å². The third kappa shape index (κ3) is 2.70. The number of benzene rings is 1. The van der Waals surface area contributed by atoms with Gasteiger partial charge in [0.05, 0.1) is 6.54 Å². The fourth-order valence-corrected chi connectivity index (χ4v) is 1.94. The monoisotopic (exact) mass is 229 g/mol. The summed E-state index contributed by atoms with van der Waals surface area (Å²) in [5.74, 6) is 0.936. The number of nitrogens with zero attached hydrogens (tertiary/aromatic N) is 1. The number of rotatable bonds is 4. The maximum absolute atomic E-state index is 5.69. The second-order valence-corrected chi connectivity index (χ2v) is 4.38. The highest BCUT2D eigenvalue weighted by atomic mass is 16.5. The van der Waals surface area contributed by atoms with Crippen LogP contribution in [0.25, 0.3) is 0 Å². The van der Waals surface area contributed by atoms with Gasteiger partial charge in [0.15, 0.2) is 0 Å². The molecule has 0 aliphatic heterocycles. The van der Waals surface area contributed by atoms with Crippen LogP contribution in [0.1, 0.15) is 16.8 Å². The largest absolute Gasteiger partial charge is 0.492 e. The summed E-state index contributed by atoms with van der Waals surface area (Å²) in [4.78, 5) is 0. The second-order valence-electron chi connectivity index (χ2n) is 4.38. The zero-order chi connectivity index (χ0) is 12.3. The lowest BCUT2D eigenvalue weighted by Gasteiger charge is -2.08. The van der Waals surface area contributed by atoms with Crippen LogP contribution < -0.4 is 4.74 Å². The Hall–Kier alpha value is -1.70. The summed E-state index contributed by atoms with van der Waals surface area (Å²) in [6.45, 7) is 8.08. The van der Waals surface area contributed by atoms with Gasteiger partial charge >= 0.3 is 0 Å². The first kappa shape index (κ1) is 11.8. The second kappa shape index (κ2) is 5.09. The van der Waals surface area contributed by atoms with Crippen molar-refractivity contribution in [3.8, 4) is 5.75 Å². The van der Waals surface area contributed by atoms with E-state index in [1.165, 1.54) is 16.8 Å². The molecule has 2 aromatic rings. The highest BCUT2D eigenvalue weighted by molar-refractivity contribution is 5.28. The van der Waals surface area contributed by atoms with Crippen LogP contribution in [0.15, 0.2) is 36.5 Å². The van der Waals surface area contributed by atoms with Crippen molar-refractivity contribution < 1.29 is 4.74 Å². The fraction of sp³-hybridized carbons (Fsp3) is 0.333. The summed E-state index contributed by atoms with van der Waals surface area (Å²) in [7, 11) is 0. The first-order valence-corrected chi connectivity index (χ1v) is 5.99. The Morgan fingerprint density at radius 2 is 1.76 bits per heavy atom. The smallest absolute Gasteiger partial charge is 0.119 e. The summed E-state index contributed by atoms with van der Waals surface area (Å²) < 4.78 is 7.95. The van der Waals surface area contributed by atoms with Gasteiger partial charge in [-0.2, -0.15) is 0 Å². The van der Waals surface area contributed by atoms with Crippen LogP contribution in [-0.2, 0) is 6.54 Å². The van der Waals surface area contributed by atoms with Crippen LogP contribution in [-0.4, -0.2) is 11.2 Å². The average Bonchev–Trinajstić information content (AvgIpc) is 2.59. The Morgan fingerprint density at radius 3 is 2.35 bits per heavy atom. The van der Waals surface area contributed by atoms with Crippen LogP contribution in [0.5, 0.6) is 5.75 Å². The zero-order valence-corrected chi connectivity index (χ0v) is 10.7. The highest BCUT2D eigenvalue weighted by Crippen LogP contribution is 2.15. The molecule has 1 heterocycles. The molecule has 0 saturated carbocycles. The van der Waals surface area contributed by atoms with Gasteiger partial charge in [-0.1, -0.05) is 18.2 Å². The normalized spacial score (nSPS) is 10.5. The van der Waals surface area contributed by atoms with Crippen molar-refractivity contribution in [2.24, 2.45) is 0 Å². The maximum atomic E-state index is 5.69. The van der Waals surface area contributed by atoms with Gasteiger partial charge in [-0.05, 0) is 44.0 Å². The number of para-hydroxylation sites is 1. The predicted octanol–water partition coefficient (Wildman–Crippen LogP) is 3.49. The number of hydrogen-bond donors (Lipinski definition) is 0. The minimum Gasteiger partial charge on any atom is -0.492 e. The van der Waals surface area contributed by atoms with E-state index in [-0.39, 0.29) is 0 Å². The van der Waals surface area contributed by atoms with Crippen LogP contribution >= 0.6 is 0 Å². The van der Waals surface area contributed by atoms with Gasteiger partial charge in [0.2, 0.25) is 0 Å². The molecule has 0 spiro atoms. The van der Waals surface area contributed by atoms with Crippen molar-refractivity contribution in [1.29, 1.82) is 0 Å². The Balaban J connectivity index is 1.92. The van der Waals surface area contributed by atoms with Crippen molar-refractivity contribution in [2.75, 3.05) is 6.61 Å². The third-order valence-corrected chi connectivity index (χ3v) is 3.26. The van der Waals surface area contributed by atoms with E-state index in [9.17, 15) is 0 Å². The number of aryl methyl sites for hydroxylation is 1. The summed E-state index contributed by atoms with van der Waals surface area (Å²) in [5, 5.41) is 0. The summed E-state index contributed by atoms with van der Waals surface area (Å²) >= 11 is 0. The van der Waals surface area contributed by atoms with Crippen molar-refractivity contribution in [3.63, 3.8) is 0 Å². The minimum atomic E-state index is 0.707. The first-order chi connectivity index (χ1) is 8.18. The topological polar surface area (TPSA) is 14.2 Å². The molecule has 0 radical (unpaired) electrons. The lowest BCUT2D eigenvalue weighted by atomic mass is 10.2. The molecule has 2 nitrogen and oxygen atoms in total. The molecule has 1 aromatic heterocycles. The zero-order valence-electron chi connectivity index (χ0n) is 10.7. The van der Waals surface area contributed by atoms with E-state index >= 15 is 0 Å². The molecule has 0 saturated heterocycles. The van der Waals surface area contributed by atoms with Crippen LogP contribution in [0.4, 0.5) is 0 Å². The number of ether oxygens (including phenoxy) is 1. The van der Waals surface area contributed by atoms with E-state index in [2.05, 4.69) is 31.5 Å². The quantitative estimate of drug-likeness (QED) is 0.782. The Bertz CT molecular complexity index is 485. The van der Waals surface area contributed by atoms with E-state index in [1.807, 2.05) is 30.3 Å². The van der Waals surface area contributed by atoms with Gasteiger partial charge in [0.1, 0.15) is 12.4 Å². The molecular formula is C15H19NO. The van der Waals surface area contributed by atoms with Crippen LogP contribution in [0.3, 0.4) is 0 Å². The van der Waals surface area contributed by atoms with E-state index in [1.54, 1.807) is 0 Å². The van der Waals surface area contributed by atoms with Gasteiger partial charge < -0.3 is 9.30 Å². The van der Waals surface area contributed by atoms with Gasteiger partial charge in [0.25, 0.3) is 0 Å². The molecule has 0 bridgehead atoms. The van der Waals surface area contributed by atoms with Crippen LogP contribution in [0, 0.1) is 20.8 Å². The van der Waals surface area contributed by atoms with E-state index in [4.69, 9.17) is 4.74 Å². The number of hydrogen-bond acceptors (Lipinski definition) is 1. The van der Waals surface area contributed by atoms with Crippen LogP contribution in [0.2, 0.25) is 0 Å². The molecule has 0 N–H and O–H groups in total. The summed E-state index contributed by atoms with van der Waals surface area (Å²) in [6, 6.07) is 9.95. The summed E-state index contributed by atoms with van der Waals surface area (Å²) in [5.41, 5.74) is 4.06. The molecule has 1 aromatic carbocycles. The molecule has 0 fully saturated rings. The molecule has 0 aliphatic carbocycles. The number of aromatic nitrogens is 1. The average molecular weight is 229 g/mol. The molecular weight excluding hydrogens is 210 g/mol. The van der Waals surface area contributed by atoms with Gasteiger partial charge in [0, 0.05) is 11.9 Å². The lowest BCUT2D eigenvalue weighted by Crippen LogP contribution is -2.08. The fourth-order valence-electron chi connectivity index (χ4n) is 1.94.